The number of nitrogens with two attached hydrogens (primary N) is 2. The molecule has 0 spiro atoms. The Balaban J connectivity index is 1.98. The van der Waals surface area contributed by atoms with Gasteiger partial charge in [-0.1, -0.05) is 30.2 Å². The maximum Gasteiger partial charge on any atom is 0.293 e. The van der Waals surface area contributed by atoms with E-state index < -0.39 is 12.0 Å². The Kier molecular flexibility index (Phi) is 20.0. The highest BCUT2D eigenvalue weighted by atomic mass is 16.5. The fourth-order valence-corrected chi connectivity index (χ4v) is 6.94. The third-order valence-electron chi connectivity index (χ3n) is 9.99. The van der Waals surface area contributed by atoms with E-state index in [2.05, 4.69) is 6.92 Å². The normalized spacial score (nSPS) is 12.3. The lowest BCUT2D eigenvalue weighted by molar-refractivity contribution is -0.131. The Morgan fingerprint density at radius 3 is 1.89 bits per heavy atom. The van der Waals surface area contributed by atoms with Crippen molar-refractivity contribution in [2.75, 3.05) is 32.9 Å². The first-order valence-corrected chi connectivity index (χ1v) is 20.3. The zero-order chi connectivity index (χ0) is 41.9. The molecule has 2 aromatic carbocycles. The van der Waals surface area contributed by atoms with Crippen molar-refractivity contribution in [2.24, 2.45) is 23.3 Å². The molecular formula is C45H64N2O10. The van der Waals surface area contributed by atoms with Crippen LogP contribution in [0.5, 0.6) is 17.2 Å². The highest BCUT2D eigenvalue weighted by Gasteiger charge is 2.24. The van der Waals surface area contributed by atoms with Crippen molar-refractivity contribution < 1.29 is 43.2 Å². The number of aliphatic hydroxyl groups is 1. The number of allylic oxidation sites excluding steroid dienone is 4. The Bertz CT molecular complexity index is 1920. The van der Waals surface area contributed by atoms with Crippen LogP contribution >= 0.6 is 0 Å². The van der Waals surface area contributed by atoms with E-state index in [9.17, 15) is 29.4 Å². The molecule has 0 unspecified atom stereocenters. The van der Waals surface area contributed by atoms with Crippen molar-refractivity contribution in [1.29, 1.82) is 0 Å². The van der Waals surface area contributed by atoms with Gasteiger partial charge >= 0.3 is 0 Å². The second-order valence-corrected chi connectivity index (χ2v) is 15.5. The van der Waals surface area contributed by atoms with Gasteiger partial charge < -0.3 is 40.3 Å². The summed E-state index contributed by atoms with van der Waals surface area (Å²) in [6.07, 6.45) is 9.91. The van der Waals surface area contributed by atoms with Crippen LogP contribution in [-0.2, 0) is 38.6 Å². The Morgan fingerprint density at radius 1 is 0.789 bits per heavy atom. The van der Waals surface area contributed by atoms with E-state index in [0.29, 0.717) is 92.7 Å². The summed E-state index contributed by atoms with van der Waals surface area (Å²) in [5, 5.41) is 22.6. The quantitative estimate of drug-likeness (QED) is 0.0248. The number of ether oxygens (including phenoxy) is 3. The average Bonchev–Trinajstić information content (AvgIpc) is 3.16. The number of carbonyl (C=O) groups excluding carboxylic acids is 3. The SMILES string of the molecule is CC(C)=CCc1c(OCCCC(=O)C[C@@H](C)CCCN)cc2oc3cc(OCCCC(=O)C[C@@H](CCCN)COC=O)c(CO)c(CC=C(C)C)c3c(=O)c2c1O. The summed E-state index contributed by atoms with van der Waals surface area (Å²) in [5.74, 6) is 0.768. The minimum absolute atomic E-state index is 0.00600. The number of aromatic hydroxyl groups is 1. The van der Waals surface area contributed by atoms with Crippen LogP contribution in [0.25, 0.3) is 21.9 Å². The van der Waals surface area contributed by atoms with Gasteiger partial charge in [-0.2, -0.15) is 0 Å². The molecule has 0 radical (unpaired) electrons. The Hall–Kier alpha value is -4.52. The summed E-state index contributed by atoms with van der Waals surface area (Å²) < 4.78 is 23.7. The number of phenolic OH excluding ortho intramolecular Hbond substituents is 1. The van der Waals surface area contributed by atoms with Gasteiger partial charge in [-0.15, -0.1) is 0 Å². The topological polar surface area (TPSA) is 202 Å². The molecule has 0 aliphatic carbocycles. The molecule has 0 saturated carbocycles. The predicted molar refractivity (Wildman–Crippen MR) is 224 cm³/mol. The van der Waals surface area contributed by atoms with Gasteiger partial charge in [0.2, 0.25) is 5.43 Å². The lowest BCUT2D eigenvalue weighted by Crippen LogP contribution is -2.16. The summed E-state index contributed by atoms with van der Waals surface area (Å²) in [5.41, 5.74) is 14.5. The van der Waals surface area contributed by atoms with Gasteiger partial charge in [0, 0.05) is 54.9 Å². The van der Waals surface area contributed by atoms with Crippen molar-refractivity contribution in [1.82, 2.24) is 0 Å². The third-order valence-corrected chi connectivity index (χ3v) is 9.99. The number of ketones is 2. The van der Waals surface area contributed by atoms with E-state index in [1.54, 1.807) is 12.1 Å². The molecule has 1 heterocycles. The number of hydrogen-bond donors (Lipinski definition) is 4. The molecule has 2 atom stereocenters. The monoisotopic (exact) mass is 792 g/mol. The van der Waals surface area contributed by atoms with Crippen LogP contribution in [0.4, 0.5) is 0 Å². The first kappa shape index (κ1) is 46.9. The summed E-state index contributed by atoms with van der Waals surface area (Å²) in [6.45, 7) is 11.4. The Morgan fingerprint density at radius 2 is 1.33 bits per heavy atom. The zero-order valence-electron chi connectivity index (χ0n) is 34.6. The summed E-state index contributed by atoms with van der Waals surface area (Å²) >= 11 is 0. The maximum absolute atomic E-state index is 14.5. The highest BCUT2D eigenvalue weighted by Crippen LogP contribution is 2.39. The molecular weight excluding hydrogens is 728 g/mol. The average molecular weight is 793 g/mol. The van der Waals surface area contributed by atoms with E-state index in [0.717, 1.165) is 30.4 Å². The number of carbonyl (C=O) groups is 3. The van der Waals surface area contributed by atoms with Gasteiger partial charge in [-0.3, -0.25) is 19.2 Å². The minimum Gasteiger partial charge on any atom is -0.507 e. The molecule has 12 nitrogen and oxygen atoms in total. The van der Waals surface area contributed by atoms with Crippen molar-refractivity contribution >= 4 is 40.0 Å². The molecule has 0 fully saturated rings. The fraction of sp³-hybridized carbons (Fsp3) is 0.556. The van der Waals surface area contributed by atoms with Crippen LogP contribution in [0.3, 0.4) is 0 Å². The molecule has 3 aromatic rings. The highest BCUT2D eigenvalue weighted by molar-refractivity contribution is 5.97. The second kappa shape index (κ2) is 24.3. The Labute approximate surface area is 336 Å². The van der Waals surface area contributed by atoms with Crippen LogP contribution in [0, 0.1) is 11.8 Å². The predicted octanol–water partition coefficient (Wildman–Crippen LogP) is 7.30. The van der Waals surface area contributed by atoms with Gasteiger partial charge in [-0.25, -0.2) is 0 Å². The van der Waals surface area contributed by atoms with E-state index in [1.807, 2.05) is 39.8 Å². The number of hydrogen-bond acceptors (Lipinski definition) is 12. The minimum atomic E-state index is -0.449. The van der Waals surface area contributed by atoms with Crippen molar-refractivity contribution in [2.45, 2.75) is 118 Å². The number of aliphatic hydroxyl groups excluding tert-OH is 1. The summed E-state index contributed by atoms with van der Waals surface area (Å²) in [4.78, 5) is 50.6. The van der Waals surface area contributed by atoms with Gasteiger partial charge in [0.1, 0.15) is 45.4 Å². The molecule has 0 aliphatic heterocycles. The molecule has 0 aliphatic rings. The van der Waals surface area contributed by atoms with Crippen LogP contribution in [0.1, 0.15) is 116 Å². The largest absolute Gasteiger partial charge is 0.507 e. The smallest absolute Gasteiger partial charge is 0.293 e. The number of phenols is 1. The molecule has 12 heteroatoms. The van der Waals surface area contributed by atoms with Crippen LogP contribution in [0.15, 0.2) is 44.6 Å². The molecule has 1 aromatic heterocycles. The van der Waals surface area contributed by atoms with Gasteiger partial charge in [-0.05, 0) is 104 Å². The van der Waals surface area contributed by atoms with Gasteiger partial charge in [0.15, 0.2) is 0 Å². The number of Topliss-reactive ketones (excluding diaryl/α,β-unsaturated/α-hetero) is 2. The second-order valence-electron chi connectivity index (χ2n) is 15.5. The lowest BCUT2D eigenvalue weighted by atomic mass is 9.95. The van der Waals surface area contributed by atoms with E-state index >= 15 is 0 Å². The molecule has 3 rings (SSSR count). The van der Waals surface area contributed by atoms with Gasteiger partial charge in [0.05, 0.1) is 31.8 Å². The first-order chi connectivity index (χ1) is 27.3. The number of benzene rings is 2. The van der Waals surface area contributed by atoms with Crippen molar-refractivity contribution in [3.8, 4) is 17.2 Å². The standard InChI is InChI=1S/C45H64N2O10/c1-29(2)14-16-35-37(26-48)39(56-21-9-13-34(51)23-32(11-7-19-47)27-54-28-49)25-40-42(35)45(53)43-41(57-40)24-38(36(44(43)52)17-15-30(3)4)55-20-8-12-33(50)22-31(5)10-6-18-46/h14-15,24-25,28,31-32,48,52H,6-13,16-23,26-27,46-47H2,1-5H3/t31-,32+/m0/s1. The van der Waals surface area contributed by atoms with Crippen molar-refractivity contribution in [3.63, 3.8) is 0 Å². The van der Waals surface area contributed by atoms with E-state index in [-0.39, 0.29) is 83.8 Å². The number of rotatable bonds is 28. The fourth-order valence-electron chi connectivity index (χ4n) is 6.94. The molecule has 314 valence electrons. The molecule has 0 bridgehead atoms. The molecule has 0 amide bonds. The maximum atomic E-state index is 14.5. The van der Waals surface area contributed by atoms with Crippen LogP contribution in [0.2, 0.25) is 0 Å². The molecule has 57 heavy (non-hydrogen) atoms. The zero-order valence-corrected chi connectivity index (χ0v) is 34.6. The van der Waals surface area contributed by atoms with Gasteiger partial charge in [0.25, 0.3) is 6.47 Å². The van der Waals surface area contributed by atoms with Crippen LogP contribution in [-0.4, -0.2) is 61.2 Å². The van der Waals surface area contributed by atoms with E-state index in [4.69, 9.17) is 30.1 Å². The summed E-state index contributed by atoms with van der Waals surface area (Å²) in [7, 11) is 0. The lowest BCUT2D eigenvalue weighted by Gasteiger charge is -2.18. The van der Waals surface area contributed by atoms with E-state index in [1.165, 1.54) is 0 Å². The number of fused-ring (bicyclic) bond motifs is 2. The van der Waals surface area contributed by atoms with Crippen LogP contribution < -0.4 is 26.4 Å². The molecule has 0 saturated heterocycles. The summed E-state index contributed by atoms with van der Waals surface area (Å²) in [6, 6.07) is 3.19. The molecule has 6 N–H and O–H groups in total. The van der Waals surface area contributed by atoms with Crippen molar-refractivity contribution in [3.05, 3.63) is 62.3 Å². The first-order valence-electron chi connectivity index (χ1n) is 20.3. The third kappa shape index (κ3) is 14.4.